The molecule has 1 saturated heterocycles. The Morgan fingerprint density at radius 3 is 2.53 bits per heavy atom. The Balaban J connectivity index is 1.44. The molecule has 0 atom stereocenters. The number of likely N-dealkylation sites (tertiary alicyclic amines) is 1. The molecular weight excluding hydrogens is 413 g/mol. The van der Waals surface area contributed by atoms with Crippen molar-refractivity contribution < 1.29 is 18.0 Å². The van der Waals surface area contributed by atoms with Crippen molar-refractivity contribution in [3.8, 4) is 0 Å². The average Bonchev–Trinajstić information content (AvgIpc) is 2.76. The van der Waals surface area contributed by atoms with Crippen LogP contribution in [-0.2, 0) is 10.2 Å². The van der Waals surface area contributed by atoms with E-state index in [0.29, 0.717) is 30.9 Å². The minimum Gasteiger partial charge on any atom is -0.359 e. The highest BCUT2D eigenvalue weighted by Gasteiger charge is 2.41. The maximum atomic E-state index is 13.1. The van der Waals surface area contributed by atoms with Crippen LogP contribution in [-0.4, -0.2) is 30.1 Å². The molecule has 0 saturated carbocycles. The highest BCUT2D eigenvalue weighted by molar-refractivity contribution is 5.95. The maximum Gasteiger partial charge on any atom is 0.393 e. The molecule has 6 heteroatoms. The number of carbonyl (C=O) groups is 1. The van der Waals surface area contributed by atoms with Gasteiger partial charge in [-0.3, -0.25) is 4.79 Å². The van der Waals surface area contributed by atoms with Gasteiger partial charge in [0.15, 0.2) is 0 Å². The van der Waals surface area contributed by atoms with Crippen molar-refractivity contribution in [2.24, 2.45) is 0 Å². The predicted octanol–water partition coefficient (Wildman–Crippen LogP) is 6.24. The van der Waals surface area contributed by atoms with Crippen molar-refractivity contribution in [1.29, 1.82) is 0 Å². The molecule has 3 nitrogen and oxygen atoms in total. The first kappa shape index (κ1) is 22.7. The molecule has 172 valence electrons. The second-order valence-electron chi connectivity index (χ2n) is 9.41. The van der Waals surface area contributed by atoms with Crippen LogP contribution < -0.4 is 5.32 Å². The first-order valence-corrected chi connectivity index (χ1v) is 11.5. The smallest absolute Gasteiger partial charge is 0.359 e. The molecular formula is C26H31F3N2O. The number of hydrogen-bond acceptors (Lipinski definition) is 2. The minimum atomic E-state index is -4.21. The lowest BCUT2D eigenvalue weighted by atomic mass is 9.65. The van der Waals surface area contributed by atoms with E-state index < -0.39 is 12.6 Å². The highest BCUT2D eigenvalue weighted by atomic mass is 19.4. The van der Waals surface area contributed by atoms with Gasteiger partial charge in [0.05, 0.1) is 6.42 Å². The zero-order chi connectivity index (χ0) is 22.9. The molecule has 0 unspecified atom stereocenters. The molecule has 2 aliphatic carbocycles. The normalized spacial score (nSPS) is 20.6. The molecule has 1 amide bonds. The molecule has 3 aliphatic rings. The number of hydrogen-bond donors (Lipinski definition) is 1. The van der Waals surface area contributed by atoms with E-state index in [-0.39, 0.29) is 11.3 Å². The molecule has 1 aromatic carbocycles. The zero-order valence-electron chi connectivity index (χ0n) is 18.7. The second-order valence-corrected chi connectivity index (χ2v) is 9.41. The molecule has 1 aromatic rings. The molecule has 0 aromatic heterocycles. The van der Waals surface area contributed by atoms with Crippen molar-refractivity contribution >= 4 is 11.5 Å². The maximum absolute atomic E-state index is 13.1. The third kappa shape index (κ3) is 4.64. The van der Waals surface area contributed by atoms with E-state index in [1.165, 1.54) is 5.57 Å². The molecule has 1 N–H and O–H groups in total. The van der Waals surface area contributed by atoms with Crippen LogP contribution in [0.4, 0.5) is 13.2 Å². The summed E-state index contributed by atoms with van der Waals surface area (Å²) in [6.45, 7) is 7.57. The number of rotatable bonds is 4. The van der Waals surface area contributed by atoms with E-state index in [1.807, 2.05) is 31.2 Å². The molecule has 0 bridgehead atoms. The van der Waals surface area contributed by atoms with Crippen LogP contribution in [0, 0.1) is 0 Å². The van der Waals surface area contributed by atoms with E-state index in [9.17, 15) is 18.0 Å². The fourth-order valence-corrected chi connectivity index (χ4v) is 5.47. The number of piperidine rings is 1. The first-order valence-electron chi connectivity index (χ1n) is 11.5. The Kier molecular flexibility index (Phi) is 6.24. The second kappa shape index (κ2) is 8.80. The largest absolute Gasteiger partial charge is 0.393 e. The molecule has 1 spiro atoms. The number of nitrogens with one attached hydrogen (secondary N) is 1. The highest BCUT2D eigenvalue weighted by Crippen LogP contribution is 2.48. The van der Waals surface area contributed by atoms with Crippen LogP contribution in [0.2, 0.25) is 0 Å². The van der Waals surface area contributed by atoms with Gasteiger partial charge in [-0.15, -0.1) is 0 Å². The topological polar surface area (TPSA) is 32.3 Å². The van der Waals surface area contributed by atoms with Crippen LogP contribution >= 0.6 is 0 Å². The molecule has 32 heavy (non-hydrogen) atoms. The summed E-state index contributed by atoms with van der Waals surface area (Å²) in [4.78, 5) is 14.8. The fourth-order valence-electron chi connectivity index (χ4n) is 5.47. The number of allylic oxidation sites excluding steroid dienone is 3. The van der Waals surface area contributed by atoms with Gasteiger partial charge in [0, 0.05) is 24.1 Å². The van der Waals surface area contributed by atoms with Gasteiger partial charge in [-0.2, -0.15) is 13.2 Å². The van der Waals surface area contributed by atoms with Crippen LogP contribution in [0.1, 0.15) is 69.4 Å². The van der Waals surface area contributed by atoms with E-state index in [1.54, 1.807) is 6.08 Å². The Morgan fingerprint density at radius 1 is 1.16 bits per heavy atom. The number of amides is 1. The van der Waals surface area contributed by atoms with E-state index in [0.717, 1.165) is 55.2 Å². The van der Waals surface area contributed by atoms with Gasteiger partial charge in [-0.05, 0) is 68.6 Å². The molecule has 1 aliphatic heterocycles. The van der Waals surface area contributed by atoms with Gasteiger partial charge in [-0.25, -0.2) is 0 Å². The quantitative estimate of drug-likeness (QED) is 0.596. The van der Waals surface area contributed by atoms with Gasteiger partial charge in [0.1, 0.15) is 5.82 Å². The number of fused-ring (bicyclic) bond motifs is 2. The molecule has 1 fully saturated rings. The third-order valence-corrected chi connectivity index (χ3v) is 7.35. The van der Waals surface area contributed by atoms with Crippen LogP contribution in [0.3, 0.4) is 0 Å². The summed E-state index contributed by atoms with van der Waals surface area (Å²) in [6, 6.07) is 7.54. The Labute approximate surface area is 188 Å². The zero-order valence-corrected chi connectivity index (χ0v) is 18.7. The summed E-state index contributed by atoms with van der Waals surface area (Å²) in [5, 5.41) is 2.99. The summed E-state index contributed by atoms with van der Waals surface area (Å²) >= 11 is 0. The van der Waals surface area contributed by atoms with Crippen molar-refractivity contribution in [3.63, 3.8) is 0 Å². The lowest BCUT2D eigenvalue weighted by molar-refractivity contribution is -0.123. The van der Waals surface area contributed by atoms with Crippen LogP contribution in [0.25, 0.3) is 5.57 Å². The van der Waals surface area contributed by atoms with Gasteiger partial charge < -0.3 is 10.2 Å². The summed E-state index contributed by atoms with van der Waals surface area (Å²) in [6.07, 6.45) is 2.92. The van der Waals surface area contributed by atoms with Gasteiger partial charge in [0.25, 0.3) is 5.91 Å². The Hall–Kier alpha value is -2.50. The molecule has 4 rings (SSSR count). The summed E-state index contributed by atoms with van der Waals surface area (Å²) in [5.41, 5.74) is 4.03. The minimum absolute atomic E-state index is 0.0461. The molecule has 1 heterocycles. The summed E-state index contributed by atoms with van der Waals surface area (Å²) in [5.74, 6) is 0.573. The van der Waals surface area contributed by atoms with Crippen molar-refractivity contribution in [2.75, 3.05) is 13.1 Å². The standard InChI is InChI=1S/C26H31F3N2O/c1-18-7-3-4-8-21(18)24(32)30-19(2)31-15-13-25(14-16-31)12-11-20(17-26(27,28)29)22-9-5-6-10-23(22)25/h5-6,9-11H,2-4,7-8,12-17H2,1H3,(H,30,32). The van der Waals surface area contributed by atoms with E-state index in [4.69, 9.17) is 0 Å². The van der Waals surface area contributed by atoms with Crippen LogP contribution in [0.5, 0.6) is 0 Å². The first-order chi connectivity index (χ1) is 15.2. The van der Waals surface area contributed by atoms with Gasteiger partial charge >= 0.3 is 6.18 Å². The fraction of sp³-hybridized carbons (Fsp3) is 0.500. The van der Waals surface area contributed by atoms with Gasteiger partial charge in [0.2, 0.25) is 0 Å². The lowest BCUT2D eigenvalue weighted by Gasteiger charge is -2.46. The van der Waals surface area contributed by atoms with E-state index >= 15 is 0 Å². The number of alkyl halides is 3. The van der Waals surface area contributed by atoms with E-state index in [2.05, 4.69) is 16.8 Å². The van der Waals surface area contributed by atoms with Gasteiger partial charge in [-0.1, -0.05) is 42.5 Å². The Bertz CT molecular complexity index is 966. The number of benzene rings is 1. The number of carbonyl (C=O) groups excluding carboxylic acids is 1. The SMILES string of the molecule is C=C(NC(=O)C1=C(C)CCCC1)N1CCC2(CC=C(CC(F)(F)F)c3ccccc32)CC1. The van der Waals surface area contributed by atoms with Crippen molar-refractivity contribution in [1.82, 2.24) is 10.2 Å². The summed E-state index contributed by atoms with van der Waals surface area (Å²) < 4.78 is 39.2. The van der Waals surface area contributed by atoms with Crippen LogP contribution in [0.15, 0.2) is 53.9 Å². The predicted molar refractivity (Wildman–Crippen MR) is 121 cm³/mol. The molecule has 0 radical (unpaired) electrons. The lowest BCUT2D eigenvalue weighted by Crippen LogP contribution is -2.46. The number of halogens is 3. The average molecular weight is 445 g/mol. The monoisotopic (exact) mass is 444 g/mol. The van der Waals surface area contributed by atoms with Crippen molar-refractivity contribution in [3.05, 3.63) is 65.0 Å². The summed E-state index contributed by atoms with van der Waals surface area (Å²) in [7, 11) is 0. The third-order valence-electron chi connectivity index (χ3n) is 7.35. The Morgan fingerprint density at radius 2 is 1.84 bits per heavy atom. The van der Waals surface area contributed by atoms with Crippen molar-refractivity contribution in [2.45, 2.75) is 69.9 Å². The number of nitrogens with zero attached hydrogens (tertiary/aromatic N) is 1.